The molecule has 0 aliphatic rings. The maximum atomic E-state index is 13.1. The topological polar surface area (TPSA) is 145 Å². The minimum Gasteiger partial charge on any atom is -0.444 e. The molecule has 2 aromatic heterocycles. The van der Waals surface area contributed by atoms with E-state index in [1.54, 1.807) is 59.9 Å². The van der Waals surface area contributed by atoms with Gasteiger partial charge in [0.05, 0.1) is 23.0 Å². The Morgan fingerprint density at radius 3 is 2.54 bits per heavy atom. The van der Waals surface area contributed by atoms with Crippen molar-refractivity contribution in [2.75, 3.05) is 18.9 Å². The molecule has 3 rings (SSSR count). The first-order chi connectivity index (χ1) is 16.3. The molecular formula is C24H30ClN7O3. The molecule has 0 bridgehead atoms. The van der Waals surface area contributed by atoms with Gasteiger partial charge in [0.1, 0.15) is 16.8 Å². The van der Waals surface area contributed by atoms with E-state index < -0.39 is 23.1 Å². The minimum absolute atomic E-state index is 0.134. The van der Waals surface area contributed by atoms with Crippen molar-refractivity contribution < 1.29 is 14.3 Å². The van der Waals surface area contributed by atoms with Crippen molar-refractivity contribution >= 4 is 46.2 Å². The van der Waals surface area contributed by atoms with Crippen molar-refractivity contribution in [1.82, 2.24) is 25.6 Å². The number of ether oxygens (including phenoxy) is 1. The summed E-state index contributed by atoms with van der Waals surface area (Å²) < 4.78 is 5.25. The van der Waals surface area contributed by atoms with Crippen molar-refractivity contribution in [3.05, 3.63) is 52.4 Å². The molecule has 0 atom stereocenters. The second-order valence-corrected chi connectivity index (χ2v) is 10.1. The van der Waals surface area contributed by atoms with Crippen molar-refractivity contribution in [2.45, 2.75) is 45.8 Å². The van der Waals surface area contributed by atoms with Gasteiger partial charge in [0, 0.05) is 36.1 Å². The summed E-state index contributed by atoms with van der Waals surface area (Å²) in [6.45, 7) is 9.04. The number of H-pyrrole nitrogens is 1. The summed E-state index contributed by atoms with van der Waals surface area (Å²) >= 11 is 6.07. The van der Waals surface area contributed by atoms with Crippen LogP contribution in [0.2, 0.25) is 5.02 Å². The van der Waals surface area contributed by atoms with Crippen molar-refractivity contribution in [2.24, 2.45) is 0 Å². The molecule has 1 aromatic carbocycles. The molecule has 0 aliphatic heterocycles. The van der Waals surface area contributed by atoms with Crippen molar-refractivity contribution in [3.8, 4) is 0 Å². The summed E-state index contributed by atoms with van der Waals surface area (Å²) in [5, 5.41) is 17.8. The summed E-state index contributed by atoms with van der Waals surface area (Å²) in [6.07, 6.45) is 2.43. The average Bonchev–Trinajstić information content (AvgIpc) is 3.19. The van der Waals surface area contributed by atoms with E-state index in [2.05, 4.69) is 30.9 Å². The Kier molecular flexibility index (Phi) is 7.35. The number of nitrogens with zero attached hydrogens (tertiary/aromatic N) is 2. The first kappa shape index (κ1) is 26.0. The fraction of sp³-hybridized carbons (Fsp3) is 0.375. The lowest BCUT2D eigenvalue weighted by molar-refractivity contribution is 0.0509. The zero-order valence-corrected chi connectivity index (χ0v) is 21.3. The number of rotatable bonds is 7. The van der Waals surface area contributed by atoms with Gasteiger partial charge in [-0.2, -0.15) is 0 Å². The molecule has 0 unspecified atom stereocenters. The Labute approximate surface area is 208 Å². The second kappa shape index (κ2) is 9.91. The normalized spacial score (nSPS) is 11.7. The minimum atomic E-state index is -0.777. The van der Waals surface area contributed by atoms with Gasteiger partial charge in [-0.05, 0) is 52.8 Å². The number of aromatic nitrogens is 3. The molecule has 0 aliphatic carbocycles. The molecule has 10 nitrogen and oxygen atoms in total. The van der Waals surface area contributed by atoms with Crippen LogP contribution >= 0.6 is 11.6 Å². The molecule has 0 spiro atoms. The second-order valence-electron chi connectivity index (χ2n) is 9.66. The number of hydrogen-bond acceptors (Lipinski definition) is 7. The number of aromatic amines is 1. The lowest BCUT2D eigenvalue weighted by atomic mass is 10.0. The summed E-state index contributed by atoms with van der Waals surface area (Å²) in [5.41, 5.74) is 1.34. The van der Waals surface area contributed by atoms with Gasteiger partial charge < -0.3 is 25.7 Å². The highest BCUT2D eigenvalue weighted by atomic mass is 35.5. The molecule has 186 valence electrons. The van der Waals surface area contributed by atoms with Crippen LogP contribution in [0.25, 0.3) is 11.2 Å². The molecule has 2 amide bonds. The van der Waals surface area contributed by atoms with Crippen molar-refractivity contribution in [1.29, 1.82) is 5.41 Å². The van der Waals surface area contributed by atoms with Crippen LogP contribution in [0.3, 0.4) is 0 Å². The molecule has 3 aromatic rings. The van der Waals surface area contributed by atoms with Gasteiger partial charge in [-0.15, -0.1) is 0 Å². The van der Waals surface area contributed by atoms with Gasteiger partial charge in [0.15, 0.2) is 5.65 Å². The largest absolute Gasteiger partial charge is 0.444 e. The molecule has 2 heterocycles. The number of carbonyl (C=O) groups is 2. The van der Waals surface area contributed by atoms with Gasteiger partial charge in [-0.3, -0.25) is 10.2 Å². The third-order valence-corrected chi connectivity index (χ3v) is 5.16. The third kappa shape index (κ3) is 6.48. The standard InChI is InChI=1S/C24H30ClN7O3/c1-23(2,3)35-22(34)30-12-24(4,5)32-21(33)15-10-28-20-19(15)31-17(11-29-20)18(26)14-8-7-13(25)9-16(14)27-6/h7-11,26-27H,12H2,1-6H3,(H,28,29)(H,30,34)(H,32,33). The van der Waals surface area contributed by atoms with E-state index in [1.807, 2.05) is 0 Å². The van der Waals surface area contributed by atoms with E-state index in [0.29, 0.717) is 33.1 Å². The van der Waals surface area contributed by atoms with Crippen LogP contribution in [-0.2, 0) is 4.74 Å². The molecule has 0 fully saturated rings. The molecule has 35 heavy (non-hydrogen) atoms. The third-order valence-electron chi connectivity index (χ3n) is 4.93. The van der Waals surface area contributed by atoms with Crippen LogP contribution < -0.4 is 16.0 Å². The van der Waals surface area contributed by atoms with E-state index in [4.69, 9.17) is 21.7 Å². The van der Waals surface area contributed by atoms with Gasteiger partial charge >= 0.3 is 6.09 Å². The zero-order valence-electron chi connectivity index (χ0n) is 20.6. The van der Waals surface area contributed by atoms with Crippen LogP contribution in [0.5, 0.6) is 0 Å². The highest BCUT2D eigenvalue weighted by Gasteiger charge is 2.26. The Hall–Kier alpha value is -3.66. The lowest BCUT2D eigenvalue weighted by Gasteiger charge is -2.27. The Morgan fingerprint density at radius 1 is 1.17 bits per heavy atom. The molecule has 0 radical (unpaired) electrons. The Balaban J connectivity index is 1.80. The van der Waals surface area contributed by atoms with Crippen LogP contribution in [0, 0.1) is 5.41 Å². The molecular weight excluding hydrogens is 470 g/mol. The highest BCUT2D eigenvalue weighted by Crippen LogP contribution is 2.24. The molecule has 0 saturated heterocycles. The number of hydrogen-bond donors (Lipinski definition) is 5. The predicted molar refractivity (Wildman–Crippen MR) is 137 cm³/mol. The summed E-state index contributed by atoms with van der Waals surface area (Å²) in [7, 11) is 1.74. The fourth-order valence-corrected chi connectivity index (χ4v) is 3.46. The number of halogens is 1. The number of anilines is 1. The maximum absolute atomic E-state index is 13.1. The van der Waals surface area contributed by atoms with E-state index >= 15 is 0 Å². The first-order valence-corrected chi connectivity index (χ1v) is 11.4. The number of carbonyl (C=O) groups excluding carboxylic acids is 2. The molecule has 5 N–H and O–H groups in total. The number of nitrogens with one attached hydrogen (secondary N) is 5. The fourth-order valence-electron chi connectivity index (χ4n) is 3.29. The zero-order chi connectivity index (χ0) is 26.0. The summed E-state index contributed by atoms with van der Waals surface area (Å²) in [6, 6.07) is 5.15. The van der Waals surface area contributed by atoms with Gasteiger partial charge in [-0.25, -0.2) is 14.8 Å². The Morgan fingerprint density at radius 2 is 1.89 bits per heavy atom. The van der Waals surface area contributed by atoms with Gasteiger partial charge in [0.25, 0.3) is 5.91 Å². The van der Waals surface area contributed by atoms with Crippen molar-refractivity contribution in [3.63, 3.8) is 0 Å². The SMILES string of the molecule is CNc1cc(Cl)ccc1C(=N)c1cnc2[nH]cc(C(=O)NC(C)(C)CNC(=O)OC(C)(C)C)c2n1. The van der Waals surface area contributed by atoms with E-state index in [1.165, 1.54) is 12.4 Å². The van der Waals surface area contributed by atoms with Gasteiger partial charge in [0.2, 0.25) is 0 Å². The smallest absolute Gasteiger partial charge is 0.407 e. The number of amides is 2. The van der Waals surface area contributed by atoms with Crippen LogP contribution in [0.4, 0.5) is 10.5 Å². The highest BCUT2D eigenvalue weighted by molar-refractivity contribution is 6.31. The summed E-state index contributed by atoms with van der Waals surface area (Å²) in [5.74, 6) is -0.396. The number of benzene rings is 1. The average molecular weight is 500 g/mol. The predicted octanol–water partition coefficient (Wildman–Crippen LogP) is 4.10. The number of alkyl carbamates (subject to hydrolysis) is 1. The van der Waals surface area contributed by atoms with Crippen LogP contribution in [0.15, 0.2) is 30.6 Å². The number of fused-ring (bicyclic) bond motifs is 1. The Bertz CT molecular complexity index is 1280. The summed E-state index contributed by atoms with van der Waals surface area (Å²) in [4.78, 5) is 36.9. The first-order valence-electron chi connectivity index (χ1n) is 11.0. The van der Waals surface area contributed by atoms with E-state index in [-0.39, 0.29) is 17.8 Å². The van der Waals surface area contributed by atoms with Crippen LogP contribution in [-0.4, -0.2) is 57.4 Å². The quantitative estimate of drug-likeness (QED) is 0.309. The van der Waals surface area contributed by atoms with E-state index in [9.17, 15) is 9.59 Å². The monoisotopic (exact) mass is 499 g/mol. The van der Waals surface area contributed by atoms with Crippen LogP contribution in [0.1, 0.15) is 56.2 Å². The maximum Gasteiger partial charge on any atom is 0.407 e. The molecule has 11 heteroatoms. The van der Waals surface area contributed by atoms with E-state index in [0.717, 1.165) is 0 Å². The molecule has 0 saturated carbocycles. The van der Waals surface area contributed by atoms with Gasteiger partial charge in [-0.1, -0.05) is 11.6 Å². The lowest BCUT2D eigenvalue weighted by Crippen LogP contribution is -2.52.